The third-order valence-corrected chi connectivity index (χ3v) is 3.00. The predicted octanol–water partition coefficient (Wildman–Crippen LogP) is 1.82. The molecule has 0 heterocycles. The molecule has 0 amide bonds. The molecule has 0 aromatic carbocycles. The normalized spacial score (nSPS) is 37.2. The van der Waals surface area contributed by atoms with Gasteiger partial charge in [0.05, 0.1) is 12.2 Å². The summed E-state index contributed by atoms with van der Waals surface area (Å²) in [6, 6.07) is 0. The van der Waals surface area contributed by atoms with E-state index in [4.69, 9.17) is 4.74 Å². The summed E-state index contributed by atoms with van der Waals surface area (Å²) in [5.74, 6) is 1.00. The van der Waals surface area contributed by atoms with Crippen LogP contribution in [-0.4, -0.2) is 24.4 Å². The van der Waals surface area contributed by atoms with Gasteiger partial charge < -0.3 is 9.84 Å². The molecule has 1 fully saturated rings. The first-order valence-corrected chi connectivity index (χ1v) is 4.87. The van der Waals surface area contributed by atoms with E-state index in [9.17, 15) is 5.11 Å². The first-order valence-electron chi connectivity index (χ1n) is 4.87. The van der Waals surface area contributed by atoms with Gasteiger partial charge in [0.15, 0.2) is 0 Å². The van der Waals surface area contributed by atoms with Crippen LogP contribution in [0.2, 0.25) is 0 Å². The lowest BCUT2D eigenvalue weighted by molar-refractivity contribution is -0.0768. The van der Waals surface area contributed by atoms with Gasteiger partial charge in [-0.05, 0) is 24.7 Å². The Morgan fingerprint density at radius 3 is 2.50 bits per heavy atom. The summed E-state index contributed by atoms with van der Waals surface area (Å²) in [7, 11) is 1.69. The molecule has 0 radical (unpaired) electrons. The second-order valence-corrected chi connectivity index (χ2v) is 4.10. The molecule has 12 heavy (non-hydrogen) atoms. The van der Waals surface area contributed by atoms with E-state index >= 15 is 0 Å². The maximum absolute atomic E-state index is 9.87. The maximum Gasteiger partial charge on any atom is 0.0833 e. The highest BCUT2D eigenvalue weighted by molar-refractivity contribution is 4.83. The second kappa shape index (κ2) is 4.24. The van der Waals surface area contributed by atoms with Crippen LogP contribution in [-0.2, 0) is 4.74 Å². The van der Waals surface area contributed by atoms with Crippen molar-refractivity contribution in [2.75, 3.05) is 7.11 Å². The number of aliphatic hydroxyl groups excluding tert-OH is 1. The highest BCUT2D eigenvalue weighted by atomic mass is 16.5. The van der Waals surface area contributed by atoms with E-state index in [2.05, 4.69) is 13.8 Å². The van der Waals surface area contributed by atoms with Crippen molar-refractivity contribution in [3.8, 4) is 0 Å². The third kappa shape index (κ3) is 1.99. The van der Waals surface area contributed by atoms with Gasteiger partial charge in [0.25, 0.3) is 0 Å². The van der Waals surface area contributed by atoms with Crippen molar-refractivity contribution in [3.63, 3.8) is 0 Å². The fourth-order valence-electron chi connectivity index (χ4n) is 2.16. The van der Waals surface area contributed by atoms with Gasteiger partial charge in [0, 0.05) is 7.11 Å². The average molecular weight is 172 g/mol. The Morgan fingerprint density at radius 1 is 1.33 bits per heavy atom. The number of hydrogen-bond donors (Lipinski definition) is 1. The average Bonchev–Trinajstić information content (AvgIpc) is 2.04. The summed E-state index contributed by atoms with van der Waals surface area (Å²) < 4.78 is 5.23. The van der Waals surface area contributed by atoms with E-state index in [0.717, 1.165) is 12.8 Å². The van der Waals surface area contributed by atoms with Crippen LogP contribution in [0.4, 0.5) is 0 Å². The van der Waals surface area contributed by atoms with E-state index < -0.39 is 0 Å². The summed E-state index contributed by atoms with van der Waals surface area (Å²) in [6.07, 6.45) is 3.19. The summed E-state index contributed by atoms with van der Waals surface area (Å²) in [5, 5.41) is 9.87. The Morgan fingerprint density at radius 2 is 2.00 bits per heavy atom. The summed E-state index contributed by atoms with van der Waals surface area (Å²) >= 11 is 0. The molecule has 1 rings (SSSR count). The minimum atomic E-state index is -0.247. The molecule has 3 unspecified atom stereocenters. The molecule has 0 saturated heterocycles. The molecule has 72 valence electrons. The largest absolute Gasteiger partial charge is 0.390 e. The first-order chi connectivity index (χ1) is 5.66. The molecule has 1 saturated carbocycles. The number of rotatable bonds is 2. The van der Waals surface area contributed by atoms with Gasteiger partial charge in [-0.2, -0.15) is 0 Å². The summed E-state index contributed by atoms with van der Waals surface area (Å²) in [4.78, 5) is 0. The molecule has 0 aromatic heterocycles. The lowest BCUT2D eigenvalue weighted by Gasteiger charge is -2.36. The SMILES string of the molecule is COC1CCCC(C(C)C)C1O. The van der Waals surface area contributed by atoms with E-state index in [0.29, 0.717) is 11.8 Å². The molecule has 2 nitrogen and oxygen atoms in total. The van der Waals surface area contributed by atoms with Crippen LogP contribution >= 0.6 is 0 Å². The molecule has 0 bridgehead atoms. The Balaban J connectivity index is 2.53. The predicted molar refractivity (Wildman–Crippen MR) is 49.0 cm³/mol. The maximum atomic E-state index is 9.87. The number of aliphatic hydroxyl groups is 1. The molecule has 1 aliphatic rings. The zero-order valence-electron chi connectivity index (χ0n) is 8.29. The van der Waals surface area contributed by atoms with E-state index in [1.165, 1.54) is 6.42 Å². The van der Waals surface area contributed by atoms with Gasteiger partial charge in [-0.3, -0.25) is 0 Å². The molecule has 0 spiro atoms. The molecule has 1 aliphatic carbocycles. The molecular weight excluding hydrogens is 152 g/mol. The molecule has 1 N–H and O–H groups in total. The van der Waals surface area contributed by atoms with E-state index in [1.54, 1.807) is 7.11 Å². The van der Waals surface area contributed by atoms with Crippen molar-refractivity contribution in [1.29, 1.82) is 0 Å². The minimum Gasteiger partial charge on any atom is -0.390 e. The third-order valence-electron chi connectivity index (χ3n) is 3.00. The molecular formula is C10H20O2. The van der Waals surface area contributed by atoms with Crippen LogP contribution in [0, 0.1) is 11.8 Å². The molecule has 0 aromatic rings. The van der Waals surface area contributed by atoms with Gasteiger partial charge in [-0.25, -0.2) is 0 Å². The van der Waals surface area contributed by atoms with Crippen molar-refractivity contribution in [2.24, 2.45) is 11.8 Å². The molecule has 0 aliphatic heterocycles. The van der Waals surface area contributed by atoms with E-state index in [-0.39, 0.29) is 12.2 Å². The molecule has 2 heteroatoms. The highest BCUT2D eigenvalue weighted by Gasteiger charge is 2.33. The van der Waals surface area contributed by atoms with Gasteiger partial charge in [-0.1, -0.05) is 20.3 Å². The first kappa shape index (κ1) is 10.0. The summed E-state index contributed by atoms with van der Waals surface area (Å²) in [5.41, 5.74) is 0. The number of methoxy groups -OCH3 is 1. The van der Waals surface area contributed by atoms with E-state index in [1.807, 2.05) is 0 Å². The quantitative estimate of drug-likeness (QED) is 0.688. The number of ether oxygens (including phenoxy) is 1. The zero-order valence-corrected chi connectivity index (χ0v) is 8.29. The Kier molecular flexibility index (Phi) is 3.53. The van der Waals surface area contributed by atoms with Crippen molar-refractivity contribution in [3.05, 3.63) is 0 Å². The standard InChI is InChI=1S/C10H20O2/c1-7(2)8-5-4-6-9(12-3)10(8)11/h7-11H,4-6H2,1-3H3. The molecule has 3 atom stereocenters. The topological polar surface area (TPSA) is 29.5 Å². The van der Waals surface area contributed by atoms with Gasteiger partial charge in [-0.15, -0.1) is 0 Å². The Bertz CT molecular complexity index is 134. The zero-order chi connectivity index (χ0) is 9.14. The smallest absolute Gasteiger partial charge is 0.0833 e. The van der Waals surface area contributed by atoms with Crippen molar-refractivity contribution >= 4 is 0 Å². The van der Waals surface area contributed by atoms with Crippen LogP contribution in [0.15, 0.2) is 0 Å². The Labute approximate surface area is 74.9 Å². The summed E-state index contributed by atoms with van der Waals surface area (Å²) in [6.45, 7) is 4.35. The van der Waals surface area contributed by atoms with Crippen LogP contribution in [0.5, 0.6) is 0 Å². The van der Waals surface area contributed by atoms with Crippen molar-refractivity contribution < 1.29 is 9.84 Å². The lowest BCUT2D eigenvalue weighted by Crippen LogP contribution is -2.40. The minimum absolute atomic E-state index is 0.0751. The monoisotopic (exact) mass is 172 g/mol. The van der Waals surface area contributed by atoms with Crippen LogP contribution in [0.25, 0.3) is 0 Å². The lowest BCUT2D eigenvalue weighted by atomic mass is 9.78. The fourth-order valence-corrected chi connectivity index (χ4v) is 2.16. The van der Waals surface area contributed by atoms with Crippen LogP contribution in [0.3, 0.4) is 0 Å². The van der Waals surface area contributed by atoms with Gasteiger partial charge in [0.2, 0.25) is 0 Å². The Hall–Kier alpha value is -0.0800. The highest BCUT2D eigenvalue weighted by Crippen LogP contribution is 2.31. The van der Waals surface area contributed by atoms with Crippen LogP contribution < -0.4 is 0 Å². The van der Waals surface area contributed by atoms with Gasteiger partial charge in [0.1, 0.15) is 0 Å². The van der Waals surface area contributed by atoms with Gasteiger partial charge >= 0.3 is 0 Å². The van der Waals surface area contributed by atoms with Crippen LogP contribution in [0.1, 0.15) is 33.1 Å². The number of hydrogen-bond acceptors (Lipinski definition) is 2. The second-order valence-electron chi connectivity index (χ2n) is 4.10. The van der Waals surface area contributed by atoms with Crippen molar-refractivity contribution in [2.45, 2.75) is 45.3 Å². The fraction of sp³-hybridized carbons (Fsp3) is 1.00. The van der Waals surface area contributed by atoms with Crippen molar-refractivity contribution in [1.82, 2.24) is 0 Å².